The standard InChI is InChI=1S/C16H19F3O2/c1-21-15(11-5-3-2-4-6-11)14-8-7-13(16(17,18)19)9-12(14)10-20/h7-11,15H,2-6H2,1H3/t15-/m0/s1. The van der Waals surface area contributed by atoms with Crippen molar-refractivity contribution in [3.8, 4) is 0 Å². The first-order chi connectivity index (χ1) is 9.97. The minimum absolute atomic E-state index is 0.0715. The number of carbonyl (C=O) groups excluding carboxylic acids is 1. The van der Waals surface area contributed by atoms with Crippen LogP contribution in [0.15, 0.2) is 18.2 Å². The second-order valence-electron chi connectivity index (χ2n) is 5.51. The lowest BCUT2D eigenvalue weighted by Gasteiger charge is -2.30. The van der Waals surface area contributed by atoms with Crippen molar-refractivity contribution in [2.45, 2.75) is 44.4 Å². The third-order valence-electron chi connectivity index (χ3n) is 4.18. The average molecular weight is 300 g/mol. The Hall–Kier alpha value is -1.36. The van der Waals surface area contributed by atoms with E-state index in [0.29, 0.717) is 11.8 Å². The van der Waals surface area contributed by atoms with Crippen LogP contribution in [-0.4, -0.2) is 13.4 Å². The first-order valence-electron chi connectivity index (χ1n) is 7.16. The predicted molar refractivity (Wildman–Crippen MR) is 73.2 cm³/mol. The molecule has 2 nitrogen and oxygen atoms in total. The van der Waals surface area contributed by atoms with Crippen molar-refractivity contribution >= 4 is 6.29 Å². The smallest absolute Gasteiger partial charge is 0.376 e. The van der Waals surface area contributed by atoms with Gasteiger partial charge in [-0.05, 0) is 36.5 Å². The first-order valence-corrected chi connectivity index (χ1v) is 7.16. The second kappa shape index (κ2) is 6.60. The van der Waals surface area contributed by atoms with Gasteiger partial charge in [0.25, 0.3) is 0 Å². The third kappa shape index (κ3) is 3.64. The molecule has 0 aliphatic heterocycles. The molecule has 0 N–H and O–H groups in total. The largest absolute Gasteiger partial charge is 0.416 e. The Morgan fingerprint density at radius 3 is 2.43 bits per heavy atom. The van der Waals surface area contributed by atoms with E-state index in [1.54, 1.807) is 7.11 Å². The molecule has 21 heavy (non-hydrogen) atoms. The number of rotatable bonds is 4. The van der Waals surface area contributed by atoms with E-state index in [4.69, 9.17) is 4.74 Å². The summed E-state index contributed by atoms with van der Waals surface area (Å²) < 4.78 is 43.7. The molecule has 5 heteroatoms. The zero-order valence-electron chi connectivity index (χ0n) is 12.0. The summed E-state index contributed by atoms with van der Waals surface area (Å²) in [7, 11) is 1.55. The van der Waals surface area contributed by atoms with E-state index in [1.165, 1.54) is 12.5 Å². The molecule has 0 bridgehead atoms. The van der Waals surface area contributed by atoms with Crippen molar-refractivity contribution < 1.29 is 22.7 Å². The summed E-state index contributed by atoms with van der Waals surface area (Å²) in [6.07, 6.45) is 1.08. The number of methoxy groups -OCH3 is 1. The van der Waals surface area contributed by atoms with E-state index in [9.17, 15) is 18.0 Å². The van der Waals surface area contributed by atoms with Gasteiger partial charge in [-0.3, -0.25) is 4.79 Å². The molecule has 1 saturated carbocycles. The molecule has 1 aliphatic carbocycles. The lowest BCUT2D eigenvalue weighted by molar-refractivity contribution is -0.137. The van der Waals surface area contributed by atoms with Gasteiger partial charge < -0.3 is 4.74 Å². The van der Waals surface area contributed by atoms with Gasteiger partial charge in [0, 0.05) is 12.7 Å². The molecule has 0 aromatic heterocycles. The van der Waals surface area contributed by atoms with Gasteiger partial charge >= 0.3 is 6.18 Å². The number of ether oxygens (including phenoxy) is 1. The number of benzene rings is 1. The molecular weight excluding hydrogens is 281 g/mol. The summed E-state index contributed by atoms with van der Waals surface area (Å²) in [5.41, 5.74) is -0.165. The maximum atomic E-state index is 12.7. The van der Waals surface area contributed by atoms with Crippen molar-refractivity contribution in [3.63, 3.8) is 0 Å². The van der Waals surface area contributed by atoms with Gasteiger partial charge in [0.1, 0.15) is 6.29 Å². The summed E-state index contributed by atoms with van der Waals surface area (Å²) in [5.74, 6) is 0.263. The Labute approximate surface area is 122 Å². The fourth-order valence-corrected chi connectivity index (χ4v) is 3.12. The molecule has 1 aromatic carbocycles. The van der Waals surface area contributed by atoms with E-state index in [2.05, 4.69) is 0 Å². The van der Waals surface area contributed by atoms with Gasteiger partial charge in [-0.15, -0.1) is 0 Å². The van der Waals surface area contributed by atoms with E-state index < -0.39 is 11.7 Å². The summed E-state index contributed by atoms with van der Waals surface area (Å²) >= 11 is 0. The minimum atomic E-state index is -4.44. The molecule has 0 radical (unpaired) electrons. The topological polar surface area (TPSA) is 26.3 Å². The van der Waals surface area contributed by atoms with Crippen molar-refractivity contribution in [1.82, 2.24) is 0 Å². The highest BCUT2D eigenvalue weighted by atomic mass is 19.4. The van der Waals surface area contributed by atoms with Crippen LogP contribution in [-0.2, 0) is 10.9 Å². The second-order valence-corrected chi connectivity index (χ2v) is 5.51. The molecule has 1 atom stereocenters. The van der Waals surface area contributed by atoms with Crippen LogP contribution in [0.3, 0.4) is 0 Å². The SMILES string of the molecule is CO[C@H](c1ccc(C(F)(F)F)cc1C=O)C1CCCCC1. The van der Waals surface area contributed by atoms with Crippen LogP contribution in [0.5, 0.6) is 0 Å². The Balaban J connectivity index is 2.34. The number of aldehydes is 1. The van der Waals surface area contributed by atoms with Crippen LogP contribution in [0.1, 0.15) is 59.7 Å². The number of hydrogen-bond donors (Lipinski definition) is 0. The van der Waals surface area contributed by atoms with Gasteiger partial charge in [0.05, 0.1) is 11.7 Å². The molecule has 1 aromatic rings. The van der Waals surface area contributed by atoms with Gasteiger partial charge in [0.15, 0.2) is 0 Å². The molecule has 0 saturated heterocycles. The molecule has 0 heterocycles. The molecule has 0 amide bonds. The van der Waals surface area contributed by atoms with Gasteiger partial charge in [-0.2, -0.15) is 13.2 Å². The van der Waals surface area contributed by atoms with Crippen molar-refractivity contribution in [2.24, 2.45) is 5.92 Å². The van der Waals surface area contributed by atoms with Gasteiger partial charge in [-0.25, -0.2) is 0 Å². The quantitative estimate of drug-likeness (QED) is 0.748. The average Bonchev–Trinajstić information content (AvgIpc) is 2.48. The predicted octanol–water partition coefficient (Wildman–Crippen LogP) is 4.79. The monoisotopic (exact) mass is 300 g/mol. The fraction of sp³-hybridized carbons (Fsp3) is 0.562. The summed E-state index contributed by atoms with van der Waals surface area (Å²) in [6, 6.07) is 3.32. The summed E-state index contributed by atoms with van der Waals surface area (Å²) in [6.45, 7) is 0. The van der Waals surface area contributed by atoms with Crippen LogP contribution in [0.2, 0.25) is 0 Å². The maximum Gasteiger partial charge on any atom is 0.416 e. The van der Waals surface area contributed by atoms with Crippen LogP contribution in [0, 0.1) is 5.92 Å². The lowest BCUT2D eigenvalue weighted by Crippen LogP contribution is -2.19. The van der Waals surface area contributed by atoms with Crippen LogP contribution in [0.25, 0.3) is 0 Å². The van der Waals surface area contributed by atoms with Crippen LogP contribution >= 0.6 is 0 Å². The Morgan fingerprint density at radius 2 is 1.90 bits per heavy atom. The zero-order valence-corrected chi connectivity index (χ0v) is 12.0. The van der Waals surface area contributed by atoms with Crippen molar-refractivity contribution in [2.75, 3.05) is 7.11 Å². The minimum Gasteiger partial charge on any atom is -0.376 e. The highest BCUT2D eigenvalue weighted by Gasteiger charge is 2.33. The van der Waals surface area contributed by atoms with Crippen LogP contribution in [0.4, 0.5) is 13.2 Å². The molecule has 116 valence electrons. The molecule has 0 unspecified atom stereocenters. The Morgan fingerprint density at radius 1 is 1.24 bits per heavy atom. The van der Waals surface area contributed by atoms with E-state index >= 15 is 0 Å². The van der Waals surface area contributed by atoms with Gasteiger partial charge in [0.2, 0.25) is 0 Å². The highest BCUT2D eigenvalue weighted by molar-refractivity contribution is 5.78. The molecule has 2 rings (SSSR count). The van der Waals surface area contributed by atoms with Crippen LogP contribution < -0.4 is 0 Å². The first kappa shape index (κ1) is 16.0. The summed E-state index contributed by atoms with van der Waals surface area (Å²) in [5, 5.41) is 0. The number of carbonyl (C=O) groups is 1. The molecular formula is C16H19F3O2. The zero-order chi connectivity index (χ0) is 15.5. The van der Waals surface area contributed by atoms with E-state index in [1.807, 2.05) is 0 Å². The third-order valence-corrected chi connectivity index (χ3v) is 4.18. The Kier molecular flexibility index (Phi) is 5.04. The molecule has 1 fully saturated rings. The number of halogens is 3. The van der Waals surface area contributed by atoms with E-state index in [0.717, 1.165) is 37.8 Å². The lowest BCUT2D eigenvalue weighted by atomic mass is 9.81. The van der Waals surface area contributed by atoms with Crippen molar-refractivity contribution in [1.29, 1.82) is 0 Å². The maximum absolute atomic E-state index is 12.7. The normalized spacial score (nSPS) is 18.5. The summed E-state index contributed by atoms with van der Waals surface area (Å²) in [4.78, 5) is 11.2. The highest BCUT2D eigenvalue weighted by Crippen LogP contribution is 2.39. The van der Waals surface area contributed by atoms with Gasteiger partial charge in [-0.1, -0.05) is 25.3 Å². The Bertz CT molecular complexity index is 491. The fourth-order valence-electron chi connectivity index (χ4n) is 3.12. The molecule has 1 aliphatic rings. The number of hydrogen-bond acceptors (Lipinski definition) is 2. The van der Waals surface area contributed by atoms with Crippen molar-refractivity contribution in [3.05, 3.63) is 34.9 Å². The molecule has 0 spiro atoms. The number of alkyl halides is 3. The van der Waals surface area contributed by atoms with E-state index in [-0.39, 0.29) is 17.6 Å².